The van der Waals surface area contributed by atoms with Gasteiger partial charge in [0.15, 0.2) is 17.3 Å². The quantitative estimate of drug-likeness (QED) is 0.553. The first-order valence-corrected chi connectivity index (χ1v) is 8.81. The van der Waals surface area contributed by atoms with Crippen molar-refractivity contribution in [3.63, 3.8) is 0 Å². The van der Waals surface area contributed by atoms with E-state index in [1.807, 2.05) is 0 Å². The Labute approximate surface area is 162 Å². The highest BCUT2D eigenvalue weighted by Gasteiger charge is 2.35. The van der Waals surface area contributed by atoms with Crippen LogP contribution >= 0.6 is 0 Å². The number of rotatable bonds is 3. The third kappa shape index (κ3) is 3.33. The average Bonchev–Trinajstić information content (AvgIpc) is 2.57. The number of phenolic OH excluding ortho intramolecular Hbond substituents is 1. The highest BCUT2D eigenvalue weighted by Crippen LogP contribution is 2.37. The van der Waals surface area contributed by atoms with Crippen LogP contribution in [0, 0.1) is 0 Å². The molecule has 0 atom stereocenters. The fourth-order valence-corrected chi connectivity index (χ4v) is 3.36. The second-order valence-corrected chi connectivity index (χ2v) is 7.71. The first-order valence-electron chi connectivity index (χ1n) is 8.81. The summed E-state index contributed by atoms with van der Waals surface area (Å²) >= 11 is 0. The monoisotopic (exact) mass is 380 g/mol. The van der Waals surface area contributed by atoms with Crippen LogP contribution in [0.5, 0.6) is 5.75 Å². The van der Waals surface area contributed by atoms with Gasteiger partial charge in [-0.25, -0.2) is 0 Å². The zero-order chi connectivity index (χ0) is 20.8. The summed E-state index contributed by atoms with van der Waals surface area (Å²) in [6.07, 6.45) is -0.309. The molecule has 0 heterocycles. The third-order valence-electron chi connectivity index (χ3n) is 4.38. The zero-order valence-corrected chi connectivity index (χ0v) is 16.1. The minimum absolute atomic E-state index is 0.0234. The number of ether oxygens (including phenoxy) is 1. The number of phenols is 1. The summed E-state index contributed by atoms with van der Waals surface area (Å²) in [4.78, 5) is 50.2. The first kappa shape index (κ1) is 19.5. The van der Waals surface area contributed by atoms with E-state index >= 15 is 0 Å². The highest BCUT2D eigenvalue weighted by molar-refractivity contribution is 6.30. The lowest BCUT2D eigenvalue weighted by Crippen LogP contribution is -2.26. The molecule has 0 spiro atoms. The smallest absolute Gasteiger partial charge is 0.310 e. The van der Waals surface area contributed by atoms with Gasteiger partial charge in [-0.3, -0.25) is 19.2 Å². The molecule has 6 nitrogen and oxygen atoms in total. The molecule has 2 aromatic carbocycles. The summed E-state index contributed by atoms with van der Waals surface area (Å²) in [5.74, 6) is -2.67. The molecule has 0 bridgehead atoms. The van der Waals surface area contributed by atoms with Gasteiger partial charge in [0.25, 0.3) is 0 Å². The lowest BCUT2D eigenvalue weighted by Gasteiger charge is -2.23. The SMILES string of the molecule is CC(=O)c1c(CC(=O)OC(C)(C)C)cc2c(c1O)C(=O)c1ccccc1C2=O. The Morgan fingerprint density at radius 3 is 2.11 bits per heavy atom. The second-order valence-electron chi connectivity index (χ2n) is 7.71. The van der Waals surface area contributed by atoms with Gasteiger partial charge in [-0.2, -0.15) is 0 Å². The Kier molecular flexibility index (Phi) is 4.67. The molecule has 1 aliphatic carbocycles. The van der Waals surface area contributed by atoms with E-state index < -0.39 is 34.7 Å². The van der Waals surface area contributed by atoms with Gasteiger partial charge in [0, 0.05) is 16.7 Å². The van der Waals surface area contributed by atoms with Crippen molar-refractivity contribution in [1.29, 1.82) is 0 Å². The molecule has 1 aliphatic rings. The van der Waals surface area contributed by atoms with Gasteiger partial charge in [-0.15, -0.1) is 0 Å². The van der Waals surface area contributed by atoms with Gasteiger partial charge in [0.05, 0.1) is 17.5 Å². The molecule has 0 amide bonds. The number of carbonyl (C=O) groups is 4. The number of ketones is 3. The molecule has 0 fully saturated rings. The Morgan fingerprint density at radius 2 is 1.57 bits per heavy atom. The molecule has 0 unspecified atom stereocenters. The Morgan fingerprint density at radius 1 is 1.00 bits per heavy atom. The van der Waals surface area contributed by atoms with Crippen LogP contribution in [0.15, 0.2) is 30.3 Å². The largest absolute Gasteiger partial charge is 0.506 e. The van der Waals surface area contributed by atoms with Crippen LogP contribution in [0.4, 0.5) is 0 Å². The van der Waals surface area contributed by atoms with Gasteiger partial charge in [-0.1, -0.05) is 24.3 Å². The molecule has 2 aromatic rings. The molecule has 0 saturated heterocycles. The van der Waals surface area contributed by atoms with Crippen LogP contribution in [0.1, 0.15) is 75.5 Å². The molecular weight excluding hydrogens is 360 g/mol. The van der Waals surface area contributed by atoms with E-state index in [9.17, 15) is 24.3 Å². The van der Waals surface area contributed by atoms with Crippen LogP contribution < -0.4 is 0 Å². The molecule has 0 aromatic heterocycles. The Balaban J connectivity index is 2.18. The molecule has 144 valence electrons. The number of Topliss-reactive ketones (excluding diaryl/α,β-unsaturated/α-hetero) is 1. The van der Waals surface area contributed by atoms with E-state index in [-0.39, 0.29) is 39.8 Å². The fraction of sp³-hybridized carbons (Fsp3) is 0.273. The van der Waals surface area contributed by atoms with Crippen LogP contribution in [0.25, 0.3) is 0 Å². The van der Waals surface area contributed by atoms with Crippen molar-refractivity contribution in [2.24, 2.45) is 0 Å². The van der Waals surface area contributed by atoms with E-state index in [2.05, 4.69) is 0 Å². The van der Waals surface area contributed by atoms with Crippen molar-refractivity contribution >= 4 is 23.3 Å². The number of hydrogen-bond donors (Lipinski definition) is 1. The van der Waals surface area contributed by atoms with E-state index in [1.165, 1.54) is 25.1 Å². The number of hydrogen-bond acceptors (Lipinski definition) is 6. The van der Waals surface area contributed by atoms with Gasteiger partial charge >= 0.3 is 5.97 Å². The topological polar surface area (TPSA) is 97.7 Å². The summed E-state index contributed by atoms with van der Waals surface area (Å²) in [7, 11) is 0. The van der Waals surface area contributed by atoms with Gasteiger partial charge in [0.1, 0.15) is 11.4 Å². The van der Waals surface area contributed by atoms with Gasteiger partial charge in [0.2, 0.25) is 0 Å². The molecule has 0 saturated carbocycles. The number of esters is 1. The second kappa shape index (κ2) is 6.71. The maximum absolute atomic E-state index is 12.9. The van der Waals surface area contributed by atoms with Gasteiger partial charge in [-0.05, 0) is 39.3 Å². The summed E-state index contributed by atoms with van der Waals surface area (Å²) in [6, 6.07) is 7.63. The van der Waals surface area contributed by atoms with Crippen molar-refractivity contribution in [3.8, 4) is 5.75 Å². The zero-order valence-electron chi connectivity index (χ0n) is 16.1. The maximum Gasteiger partial charge on any atom is 0.310 e. The van der Waals surface area contributed by atoms with Crippen molar-refractivity contribution < 1.29 is 29.0 Å². The molecule has 0 aliphatic heterocycles. The fourth-order valence-electron chi connectivity index (χ4n) is 3.36. The summed E-state index contributed by atoms with van der Waals surface area (Å²) < 4.78 is 5.28. The molecule has 1 N–H and O–H groups in total. The van der Waals surface area contributed by atoms with Crippen molar-refractivity contribution in [3.05, 3.63) is 63.7 Å². The maximum atomic E-state index is 12.9. The molecule has 0 radical (unpaired) electrons. The van der Waals surface area contributed by atoms with Crippen molar-refractivity contribution in [2.45, 2.75) is 39.7 Å². The molecular formula is C22H20O6. The normalized spacial score (nSPS) is 13.0. The van der Waals surface area contributed by atoms with E-state index in [1.54, 1.807) is 32.9 Å². The number of carbonyl (C=O) groups excluding carboxylic acids is 4. The van der Waals surface area contributed by atoms with Gasteiger partial charge < -0.3 is 9.84 Å². The van der Waals surface area contributed by atoms with E-state index in [0.29, 0.717) is 0 Å². The lowest BCUT2D eigenvalue weighted by molar-refractivity contribution is -0.153. The summed E-state index contributed by atoms with van der Waals surface area (Å²) in [6.45, 7) is 6.35. The van der Waals surface area contributed by atoms with Crippen LogP contribution in [0.3, 0.4) is 0 Å². The van der Waals surface area contributed by atoms with E-state index in [0.717, 1.165) is 0 Å². The molecule has 6 heteroatoms. The van der Waals surface area contributed by atoms with Crippen LogP contribution in [-0.2, 0) is 16.0 Å². The minimum atomic E-state index is -0.728. The molecule has 28 heavy (non-hydrogen) atoms. The molecule has 3 rings (SSSR count). The Bertz CT molecular complexity index is 1040. The van der Waals surface area contributed by atoms with Crippen LogP contribution in [-0.4, -0.2) is 34.0 Å². The lowest BCUT2D eigenvalue weighted by atomic mass is 9.80. The van der Waals surface area contributed by atoms with Crippen LogP contribution in [0.2, 0.25) is 0 Å². The predicted molar refractivity (Wildman–Crippen MR) is 101 cm³/mol. The number of aromatic hydroxyl groups is 1. The average molecular weight is 380 g/mol. The highest BCUT2D eigenvalue weighted by atomic mass is 16.6. The first-order chi connectivity index (χ1) is 13.0. The predicted octanol–water partition coefficient (Wildman–Crippen LogP) is 3.25. The summed E-state index contributed by atoms with van der Waals surface area (Å²) in [5, 5.41) is 10.7. The Hall–Kier alpha value is -3.28. The minimum Gasteiger partial charge on any atom is -0.506 e. The van der Waals surface area contributed by atoms with E-state index in [4.69, 9.17) is 4.74 Å². The summed E-state index contributed by atoms with van der Waals surface area (Å²) in [5.41, 5.74) is -0.563. The standard InChI is InChI=1S/C22H20O6/c1-11(23)17-12(10-16(24)28-22(2,3)4)9-15-18(21(17)27)20(26)14-8-6-5-7-13(14)19(15)25/h5-9,27H,10H2,1-4H3. The number of fused-ring (bicyclic) bond motifs is 2. The third-order valence-corrected chi connectivity index (χ3v) is 4.38. The number of benzene rings is 2. The van der Waals surface area contributed by atoms with Crippen molar-refractivity contribution in [2.75, 3.05) is 0 Å². The van der Waals surface area contributed by atoms with Crippen molar-refractivity contribution in [1.82, 2.24) is 0 Å².